The topological polar surface area (TPSA) is 104 Å². The number of pyridine rings is 2. The van der Waals surface area contributed by atoms with E-state index in [1.807, 2.05) is 12.1 Å². The molecule has 34 heavy (non-hydrogen) atoms. The van der Waals surface area contributed by atoms with Crippen LogP contribution < -0.4 is 16.0 Å². The predicted octanol–water partition coefficient (Wildman–Crippen LogP) is 3.91. The molecule has 0 aliphatic heterocycles. The van der Waals surface area contributed by atoms with E-state index in [1.165, 1.54) is 20.0 Å². The Morgan fingerprint density at radius 3 is 2.85 bits per heavy atom. The molecule has 4 N–H and O–H groups in total. The number of halogens is 3. The van der Waals surface area contributed by atoms with Crippen molar-refractivity contribution in [2.24, 2.45) is 0 Å². The van der Waals surface area contributed by atoms with Gasteiger partial charge in [0, 0.05) is 49.2 Å². The fraction of sp³-hybridized carbons (Fsp3) is 0.435. The SMILES string of the molecule is CC(C)(O)C(F)CNC(=O)c1cnc(Nc2ccn3nccc3c2)cc1NC1CCC(F)(F)C1. The number of hydrogen-bond donors (Lipinski definition) is 4. The van der Waals surface area contributed by atoms with Crippen molar-refractivity contribution >= 4 is 28.6 Å². The standard InChI is InChI=1S/C23H27F3N6O2/c1-22(2,34)19(24)13-28-21(33)17-12-27-20(10-18(17)30-15-3-6-23(25,26)11-15)31-14-5-8-32-16(9-14)4-7-29-32/h4-5,7-10,12,15,19,34H,3,6,11,13H2,1-2H3,(H,28,33)(H2,27,30,31). The number of aliphatic hydroxyl groups is 1. The summed E-state index contributed by atoms with van der Waals surface area (Å²) in [5.74, 6) is -2.99. The summed E-state index contributed by atoms with van der Waals surface area (Å²) in [5.41, 5.74) is 0.366. The maximum absolute atomic E-state index is 14.1. The van der Waals surface area contributed by atoms with Crippen molar-refractivity contribution in [3.63, 3.8) is 0 Å². The molecule has 0 bridgehead atoms. The highest BCUT2D eigenvalue weighted by molar-refractivity contribution is 6.00. The molecule has 2 unspecified atom stereocenters. The number of hydrogen-bond acceptors (Lipinski definition) is 6. The minimum absolute atomic E-state index is 0.0926. The van der Waals surface area contributed by atoms with Crippen LogP contribution in [0.1, 0.15) is 43.5 Å². The van der Waals surface area contributed by atoms with E-state index < -0.39 is 36.2 Å². The Morgan fingerprint density at radius 2 is 2.15 bits per heavy atom. The molecule has 1 aliphatic rings. The first-order valence-corrected chi connectivity index (χ1v) is 11.0. The molecule has 1 fully saturated rings. The summed E-state index contributed by atoms with van der Waals surface area (Å²) in [6, 6.07) is 6.54. The zero-order valence-electron chi connectivity index (χ0n) is 18.9. The van der Waals surface area contributed by atoms with Crippen LogP contribution in [0.4, 0.5) is 30.4 Å². The molecule has 0 spiro atoms. The molecule has 3 heterocycles. The van der Waals surface area contributed by atoms with E-state index >= 15 is 0 Å². The molecule has 8 nitrogen and oxygen atoms in total. The number of anilines is 3. The zero-order chi connectivity index (χ0) is 24.5. The first kappa shape index (κ1) is 23.8. The number of amides is 1. The Hall–Kier alpha value is -3.34. The Kier molecular flexibility index (Phi) is 6.39. The maximum atomic E-state index is 14.1. The fourth-order valence-corrected chi connectivity index (χ4v) is 3.79. The molecule has 3 aromatic rings. The van der Waals surface area contributed by atoms with Crippen LogP contribution in [0.3, 0.4) is 0 Å². The molecule has 0 saturated heterocycles. The summed E-state index contributed by atoms with van der Waals surface area (Å²) in [6.07, 6.45) is 2.74. The van der Waals surface area contributed by atoms with Gasteiger partial charge in [-0.25, -0.2) is 22.7 Å². The number of carbonyl (C=O) groups is 1. The van der Waals surface area contributed by atoms with Gasteiger partial charge in [0.25, 0.3) is 5.91 Å². The first-order chi connectivity index (χ1) is 16.0. The van der Waals surface area contributed by atoms with Crippen molar-refractivity contribution in [2.75, 3.05) is 17.2 Å². The van der Waals surface area contributed by atoms with E-state index in [2.05, 4.69) is 26.0 Å². The highest BCUT2D eigenvalue weighted by Crippen LogP contribution is 2.37. The number of alkyl halides is 3. The van der Waals surface area contributed by atoms with Crippen LogP contribution in [0.25, 0.3) is 5.52 Å². The molecule has 4 rings (SSSR count). The second-order valence-corrected chi connectivity index (χ2v) is 9.13. The third kappa shape index (κ3) is 5.58. The predicted molar refractivity (Wildman–Crippen MR) is 122 cm³/mol. The number of nitrogens with zero attached hydrogens (tertiary/aromatic N) is 3. The largest absolute Gasteiger partial charge is 0.387 e. The van der Waals surface area contributed by atoms with E-state index in [-0.39, 0.29) is 24.8 Å². The van der Waals surface area contributed by atoms with E-state index in [0.29, 0.717) is 11.5 Å². The van der Waals surface area contributed by atoms with Gasteiger partial charge in [-0.3, -0.25) is 4.79 Å². The Labute approximate surface area is 194 Å². The zero-order valence-corrected chi connectivity index (χ0v) is 18.9. The van der Waals surface area contributed by atoms with E-state index in [0.717, 1.165) is 11.2 Å². The number of aromatic nitrogens is 3. The molecule has 1 saturated carbocycles. The fourth-order valence-electron chi connectivity index (χ4n) is 3.79. The summed E-state index contributed by atoms with van der Waals surface area (Å²) in [5, 5.41) is 22.5. The van der Waals surface area contributed by atoms with Crippen LogP contribution in [-0.4, -0.2) is 55.9 Å². The van der Waals surface area contributed by atoms with Crippen LogP contribution in [0.15, 0.2) is 42.9 Å². The van der Waals surface area contributed by atoms with Crippen molar-refractivity contribution in [2.45, 2.75) is 56.8 Å². The highest BCUT2D eigenvalue weighted by Gasteiger charge is 2.39. The average Bonchev–Trinajstić information content (AvgIpc) is 3.36. The quantitative estimate of drug-likeness (QED) is 0.393. The van der Waals surface area contributed by atoms with Gasteiger partial charge in [0.1, 0.15) is 12.0 Å². The summed E-state index contributed by atoms with van der Waals surface area (Å²) in [7, 11) is 0. The van der Waals surface area contributed by atoms with Crippen molar-refractivity contribution in [1.82, 2.24) is 19.9 Å². The molecule has 2 atom stereocenters. The molecule has 1 aliphatic carbocycles. The Bertz CT molecular complexity index is 1180. The molecule has 1 amide bonds. The van der Waals surface area contributed by atoms with Crippen LogP contribution in [0, 0.1) is 0 Å². The number of carbonyl (C=O) groups excluding carboxylic acids is 1. The monoisotopic (exact) mass is 476 g/mol. The van der Waals surface area contributed by atoms with Gasteiger partial charge in [0.2, 0.25) is 5.92 Å². The third-order valence-electron chi connectivity index (χ3n) is 5.79. The van der Waals surface area contributed by atoms with Gasteiger partial charge < -0.3 is 21.1 Å². The van der Waals surface area contributed by atoms with E-state index in [4.69, 9.17) is 0 Å². The van der Waals surface area contributed by atoms with Crippen LogP contribution in [0.2, 0.25) is 0 Å². The molecule has 182 valence electrons. The minimum atomic E-state index is -2.76. The van der Waals surface area contributed by atoms with Crippen LogP contribution in [0.5, 0.6) is 0 Å². The molecule has 11 heteroatoms. The lowest BCUT2D eigenvalue weighted by molar-refractivity contribution is -0.00179. The third-order valence-corrected chi connectivity index (χ3v) is 5.79. The molecule has 0 radical (unpaired) electrons. The van der Waals surface area contributed by atoms with Gasteiger partial charge in [0.05, 0.1) is 28.9 Å². The van der Waals surface area contributed by atoms with Gasteiger partial charge in [-0.05, 0) is 38.5 Å². The van der Waals surface area contributed by atoms with Gasteiger partial charge >= 0.3 is 0 Å². The molecular weight excluding hydrogens is 449 g/mol. The summed E-state index contributed by atoms with van der Waals surface area (Å²) in [4.78, 5) is 17.0. The lowest BCUT2D eigenvalue weighted by Crippen LogP contribution is -2.42. The van der Waals surface area contributed by atoms with Crippen LogP contribution >= 0.6 is 0 Å². The smallest absolute Gasteiger partial charge is 0.255 e. The normalized spacial score (nSPS) is 18.6. The van der Waals surface area contributed by atoms with E-state index in [9.17, 15) is 23.1 Å². The van der Waals surface area contributed by atoms with E-state index in [1.54, 1.807) is 29.0 Å². The summed E-state index contributed by atoms with van der Waals surface area (Å²) >= 11 is 0. The number of fused-ring (bicyclic) bond motifs is 1. The van der Waals surface area contributed by atoms with Gasteiger partial charge in [-0.15, -0.1) is 0 Å². The highest BCUT2D eigenvalue weighted by atomic mass is 19.3. The van der Waals surface area contributed by atoms with Crippen molar-refractivity contribution in [1.29, 1.82) is 0 Å². The summed E-state index contributed by atoms with van der Waals surface area (Å²) < 4.78 is 43.3. The summed E-state index contributed by atoms with van der Waals surface area (Å²) in [6.45, 7) is 2.20. The Balaban J connectivity index is 1.56. The molecule has 0 aromatic carbocycles. The van der Waals surface area contributed by atoms with Gasteiger partial charge in [-0.2, -0.15) is 5.10 Å². The lowest BCUT2D eigenvalue weighted by Gasteiger charge is -2.23. The van der Waals surface area contributed by atoms with Crippen molar-refractivity contribution in [3.8, 4) is 0 Å². The van der Waals surface area contributed by atoms with Crippen LogP contribution in [-0.2, 0) is 0 Å². The Morgan fingerprint density at radius 1 is 1.35 bits per heavy atom. The number of nitrogens with one attached hydrogen (secondary N) is 3. The average molecular weight is 477 g/mol. The second-order valence-electron chi connectivity index (χ2n) is 9.13. The first-order valence-electron chi connectivity index (χ1n) is 11.0. The van der Waals surface area contributed by atoms with Crippen molar-refractivity contribution < 1.29 is 23.1 Å². The molecular formula is C23H27F3N6O2. The maximum Gasteiger partial charge on any atom is 0.255 e. The van der Waals surface area contributed by atoms with Gasteiger partial charge in [0.15, 0.2) is 0 Å². The minimum Gasteiger partial charge on any atom is -0.387 e. The second kappa shape index (κ2) is 9.13. The van der Waals surface area contributed by atoms with Gasteiger partial charge in [-0.1, -0.05) is 0 Å². The van der Waals surface area contributed by atoms with Crippen molar-refractivity contribution in [3.05, 3.63) is 48.4 Å². The lowest BCUT2D eigenvalue weighted by atomic mass is 10.0. The number of rotatable bonds is 8. The molecule has 3 aromatic heterocycles.